The molecule has 2 aromatic heterocycles. The SMILES string of the molecule is CCN(CC)c1ccc(/C=N\n2c(SCC(=O)O)nnc2-c2ccoc2C)cc1. The highest BCUT2D eigenvalue weighted by Crippen LogP contribution is 2.27. The number of carboxylic acid groups (broad SMARTS) is 1. The predicted molar refractivity (Wildman–Crippen MR) is 114 cm³/mol. The molecule has 0 bridgehead atoms. The van der Waals surface area contributed by atoms with Gasteiger partial charge in [-0.15, -0.1) is 10.2 Å². The Balaban J connectivity index is 1.91. The van der Waals surface area contributed by atoms with E-state index in [0.29, 0.717) is 16.7 Å². The highest BCUT2D eigenvalue weighted by molar-refractivity contribution is 7.99. The molecular formula is C20H23N5O3S. The molecule has 0 atom stereocenters. The van der Waals surface area contributed by atoms with Crippen molar-refractivity contribution in [1.29, 1.82) is 0 Å². The van der Waals surface area contributed by atoms with Crippen LogP contribution in [0.1, 0.15) is 25.2 Å². The number of hydrogen-bond acceptors (Lipinski definition) is 7. The van der Waals surface area contributed by atoms with Crippen LogP contribution < -0.4 is 4.90 Å². The minimum Gasteiger partial charge on any atom is -0.481 e. The highest BCUT2D eigenvalue weighted by Gasteiger charge is 2.18. The van der Waals surface area contributed by atoms with Crippen LogP contribution in [-0.4, -0.2) is 51.0 Å². The molecule has 0 unspecified atom stereocenters. The van der Waals surface area contributed by atoms with Crippen molar-refractivity contribution in [2.75, 3.05) is 23.7 Å². The Kier molecular flexibility index (Phi) is 6.71. The molecule has 0 spiro atoms. The average molecular weight is 414 g/mol. The zero-order valence-corrected chi connectivity index (χ0v) is 17.4. The van der Waals surface area contributed by atoms with Crippen molar-refractivity contribution in [3.63, 3.8) is 0 Å². The van der Waals surface area contributed by atoms with Gasteiger partial charge in [0.25, 0.3) is 0 Å². The Morgan fingerprint density at radius 2 is 1.97 bits per heavy atom. The van der Waals surface area contributed by atoms with Gasteiger partial charge in [-0.25, -0.2) is 0 Å². The standard InChI is InChI=1S/C20H23N5O3S/c1-4-24(5-2)16-8-6-15(7-9-16)12-21-25-19(17-10-11-28-14(17)3)22-23-20(25)29-13-18(26)27/h6-12H,4-5,13H2,1-3H3,(H,26,27)/b21-12-. The highest BCUT2D eigenvalue weighted by atomic mass is 32.2. The van der Waals surface area contributed by atoms with E-state index < -0.39 is 5.97 Å². The van der Waals surface area contributed by atoms with E-state index in [1.54, 1.807) is 23.2 Å². The summed E-state index contributed by atoms with van der Waals surface area (Å²) < 4.78 is 6.91. The number of rotatable bonds is 9. The predicted octanol–water partition coefficient (Wildman–Crippen LogP) is 3.75. The molecule has 0 fully saturated rings. The van der Waals surface area contributed by atoms with E-state index >= 15 is 0 Å². The van der Waals surface area contributed by atoms with Gasteiger partial charge in [-0.1, -0.05) is 23.9 Å². The zero-order valence-electron chi connectivity index (χ0n) is 16.6. The summed E-state index contributed by atoms with van der Waals surface area (Å²) >= 11 is 1.07. The number of anilines is 1. The van der Waals surface area contributed by atoms with Crippen molar-refractivity contribution in [2.45, 2.75) is 25.9 Å². The van der Waals surface area contributed by atoms with Crippen molar-refractivity contribution < 1.29 is 14.3 Å². The van der Waals surface area contributed by atoms with Crippen LogP contribution in [-0.2, 0) is 4.79 Å². The number of aryl methyl sites for hydroxylation is 1. The second-order valence-corrected chi connectivity index (χ2v) is 7.14. The first-order chi connectivity index (χ1) is 14.0. The summed E-state index contributed by atoms with van der Waals surface area (Å²) in [5.74, 6) is 0.130. The molecule has 9 heteroatoms. The third-order valence-corrected chi connectivity index (χ3v) is 5.28. The quantitative estimate of drug-likeness (QED) is 0.421. The van der Waals surface area contributed by atoms with Crippen LogP contribution in [0.2, 0.25) is 0 Å². The molecular weight excluding hydrogens is 390 g/mol. The van der Waals surface area contributed by atoms with Crippen LogP contribution in [0.3, 0.4) is 0 Å². The number of hydrogen-bond donors (Lipinski definition) is 1. The van der Waals surface area contributed by atoms with Gasteiger partial charge < -0.3 is 14.4 Å². The molecule has 1 N–H and O–H groups in total. The van der Waals surface area contributed by atoms with Crippen LogP contribution in [0.25, 0.3) is 11.4 Å². The van der Waals surface area contributed by atoms with Crippen molar-refractivity contribution >= 4 is 29.6 Å². The Labute approximate surface area is 173 Å². The molecule has 8 nitrogen and oxygen atoms in total. The number of nitrogens with zero attached hydrogens (tertiary/aromatic N) is 5. The molecule has 2 heterocycles. The molecule has 29 heavy (non-hydrogen) atoms. The van der Waals surface area contributed by atoms with Crippen molar-refractivity contribution in [3.8, 4) is 11.4 Å². The first-order valence-corrected chi connectivity index (χ1v) is 10.3. The van der Waals surface area contributed by atoms with Crippen molar-refractivity contribution in [3.05, 3.63) is 47.9 Å². The second kappa shape index (κ2) is 9.42. The molecule has 0 aliphatic rings. The van der Waals surface area contributed by atoms with Crippen LogP contribution in [0.15, 0.2) is 51.3 Å². The molecule has 1 aromatic carbocycles. The topological polar surface area (TPSA) is 96.8 Å². The molecule has 0 amide bonds. The lowest BCUT2D eigenvalue weighted by atomic mass is 10.2. The number of carboxylic acids is 1. The number of carbonyl (C=O) groups is 1. The van der Waals surface area contributed by atoms with Gasteiger partial charge >= 0.3 is 5.97 Å². The first kappa shape index (κ1) is 20.7. The summed E-state index contributed by atoms with van der Waals surface area (Å²) in [4.78, 5) is 13.2. The maximum atomic E-state index is 11.0. The number of aromatic nitrogens is 3. The van der Waals surface area contributed by atoms with Gasteiger partial charge in [0.15, 0.2) is 5.82 Å². The lowest BCUT2D eigenvalue weighted by Crippen LogP contribution is -2.21. The van der Waals surface area contributed by atoms with E-state index in [9.17, 15) is 4.79 Å². The van der Waals surface area contributed by atoms with E-state index in [-0.39, 0.29) is 5.75 Å². The van der Waals surface area contributed by atoms with Gasteiger partial charge in [-0.3, -0.25) is 4.79 Å². The molecule has 3 rings (SSSR count). The summed E-state index contributed by atoms with van der Waals surface area (Å²) in [6, 6.07) is 9.89. The number of furan rings is 1. The summed E-state index contributed by atoms with van der Waals surface area (Å²) in [7, 11) is 0. The zero-order chi connectivity index (χ0) is 20.8. The van der Waals surface area contributed by atoms with Gasteiger partial charge in [-0.2, -0.15) is 9.78 Å². The minimum absolute atomic E-state index is 0.128. The summed E-state index contributed by atoms with van der Waals surface area (Å²) in [5.41, 5.74) is 2.83. The molecule has 0 aliphatic carbocycles. The Bertz CT molecular complexity index is 990. The maximum absolute atomic E-state index is 11.0. The monoisotopic (exact) mass is 413 g/mol. The average Bonchev–Trinajstić information content (AvgIpc) is 3.32. The lowest BCUT2D eigenvalue weighted by Gasteiger charge is -2.20. The molecule has 152 valence electrons. The Hall–Kier alpha value is -3.07. The van der Waals surface area contributed by atoms with Gasteiger partial charge in [0.2, 0.25) is 5.16 Å². The summed E-state index contributed by atoms with van der Waals surface area (Å²) in [6.07, 6.45) is 3.28. The van der Waals surface area contributed by atoms with Gasteiger partial charge in [0, 0.05) is 18.8 Å². The number of benzene rings is 1. The summed E-state index contributed by atoms with van der Waals surface area (Å²) in [6.45, 7) is 7.97. The van der Waals surface area contributed by atoms with Crippen molar-refractivity contribution in [2.24, 2.45) is 5.10 Å². The number of thioether (sulfide) groups is 1. The lowest BCUT2D eigenvalue weighted by molar-refractivity contribution is -0.133. The first-order valence-electron chi connectivity index (χ1n) is 9.27. The second-order valence-electron chi connectivity index (χ2n) is 6.20. The van der Waals surface area contributed by atoms with Crippen LogP contribution in [0.4, 0.5) is 5.69 Å². The fourth-order valence-corrected chi connectivity index (χ4v) is 3.46. The van der Waals surface area contributed by atoms with E-state index in [1.165, 1.54) is 0 Å². The fraction of sp³-hybridized carbons (Fsp3) is 0.300. The van der Waals surface area contributed by atoms with Gasteiger partial charge in [0.1, 0.15) is 5.76 Å². The van der Waals surface area contributed by atoms with Crippen molar-refractivity contribution in [1.82, 2.24) is 14.9 Å². The van der Waals surface area contributed by atoms with Gasteiger partial charge in [-0.05, 0) is 44.5 Å². The van der Waals surface area contributed by atoms with E-state index in [2.05, 4.69) is 46.2 Å². The maximum Gasteiger partial charge on any atom is 0.313 e. The molecule has 0 saturated heterocycles. The molecule has 3 aromatic rings. The number of aliphatic carboxylic acids is 1. The van der Waals surface area contributed by atoms with Crippen LogP contribution in [0.5, 0.6) is 0 Å². The largest absolute Gasteiger partial charge is 0.481 e. The third-order valence-electron chi connectivity index (χ3n) is 4.38. The van der Waals surface area contributed by atoms with Crippen LogP contribution in [0, 0.1) is 6.92 Å². The van der Waals surface area contributed by atoms with Gasteiger partial charge in [0.05, 0.1) is 23.8 Å². The Morgan fingerprint density at radius 1 is 1.24 bits per heavy atom. The molecule has 0 radical (unpaired) electrons. The van der Waals surface area contributed by atoms with E-state index in [0.717, 1.165) is 41.7 Å². The fourth-order valence-electron chi connectivity index (χ4n) is 2.86. The Morgan fingerprint density at radius 3 is 2.55 bits per heavy atom. The van der Waals surface area contributed by atoms with E-state index in [1.807, 2.05) is 19.1 Å². The normalized spacial score (nSPS) is 11.3. The molecule has 0 aliphatic heterocycles. The smallest absolute Gasteiger partial charge is 0.313 e. The van der Waals surface area contributed by atoms with Crippen LogP contribution >= 0.6 is 11.8 Å². The third kappa shape index (κ3) is 4.86. The summed E-state index contributed by atoms with van der Waals surface area (Å²) in [5, 5.41) is 22.2. The van der Waals surface area contributed by atoms with E-state index in [4.69, 9.17) is 9.52 Å². The minimum atomic E-state index is -0.929. The molecule has 0 saturated carbocycles.